The van der Waals surface area contributed by atoms with E-state index >= 15 is 0 Å². The first-order valence-corrected chi connectivity index (χ1v) is 7.06. The van der Waals surface area contributed by atoms with Crippen molar-refractivity contribution in [2.75, 3.05) is 6.54 Å². The molecule has 0 saturated carbocycles. The minimum atomic E-state index is -0.856. The van der Waals surface area contributed by atoms with Crippen LogP contribution in [0.1, 0.15) is 31.2 Å². The summed E-state index contributed by atoms with van der Waals surface area (Å²) in [5.74, 6) is -0.0678. The Morgan fingerprint density at radius 2 is 2.19 bits per heavy atom. The summed E-state index contributed by atoms with van der Waals surface area (Å²) in [6.07, 6.45) is 0.721. The first-order chi connectivity index (χ1) is 9.97. The standard InChI is InChI=1S/C15H18N2O4/c1-9-7-11(5-6-17(9)14(18)19)10-3-4-12-13(8-10)21-15(20)16(12)2/h3-4,8-9,11H,5-7H2,1-2H3,(H,18,19). The second kappa shape index (κ2) is 4.95. The lowest BCUT2D eigenvalue weighted by molar-refractivity contribution is 0.107. The van der Waals surface area contributed by atoms with E-state index in [1.165, 1.54) is 9.47 Å². The van der Waals surface area contributed by atoms with Crippen molar-refractivity contribution in [3.05, 3.63) is 34.3 Å². The fourth-order valence-corrected chi connectivity index (χ4v) is 3.16. The zero-order valence-electron chi connectivity index (χ0n) is 12.1. The van der Waals surface area contributed by atoms with Crippen molar-refractivity contribution in [2.45, 2.75) is 31.7 Å². The van der Waals surface area contributed by atoms with E-state index in [9.17, 15) is 9.59 Å². The molecule has 3 rings (SSSR count). The second-order valence-electron chi connectivity index (χ2n) is 5.70. The Balaban J connectivity index is 1.88. The number of rotatable bonds is 1. The molecule has 21 heavy (non-hydrogen) atoms. The molecule has 6 nitrogen and oxygen atoms in total. The van der Waals surface area contributed by atoms with Gasteiger partial charge in [-0.1, -0.05) is 6.07 Å². The molecule has 2 unspecified atom stereocenters. The molecular weight excluding hydrogens is 272 g/mol. The third-order valence-corrected chi connectivity index (χ3v) is 4.41. The van der Waals surface area contributed by atoms with Crippen LogP contribution in [0.5, 0.6) is 0 Å². The van der Waals surface area contributed by atoms with Crippen molar-refractivity contribution in [3.8, 4) is 0 Å². The maximum absolute atomic E-state index is 11.5. The lowest BCUT2D eigenvalue weighted by atomic mass is 9.86. The molecule has 6 heteroatoms. The van der Waals surface area contributed by atoms with Gasteiger partial charge in [-0.3, -0.25) is 4.57 Å². The van der Waals surface area contributed by atoms with Crippen LogP contribution >= 0.6 is 0 Å². The number of fused-ring (bicyclic) bond motifs is 1. The molecule has 2 aromatic rings. The number of likely N-dealkylation sites (tertiary alicyclic amines) is 1. The van der Waals surface area contributed by atoms with Crippen LogP contribution in [0.15, 0.2) is 27.4 Å². The van der Waals surface area contributed by atoms with Crippen molar-refractivity contribution in [1.29, 1.82) is 0 Å². The average Bonchev–Trinajstić information content (AvgIpc) is 2.73. The van der Waals surface area contributed by atoms with E-state index in [4.69, 9.17) is 9.52 Å². The van der Waals surface area contributed by atoms with E-state index in [0.29, 0.717) is 18.0 Å². The number of benzene rings is 1. The number of carboxylic acid groups (broad SMARTS) is 1. The second-order valence-corrected chi connectivity index (χ2v) is 5.70. The highest BCUT2D eigenvalue weighted by Gasteiger charge is 2.29. The van der Waals surface area contributed by atoms with Gasteiger partial charge in [0.25, 0.3) is 0 Å². The minimum Gasteiger partial charge on any atom is -0.465 e. The fraction of sp³-hybridized carbons (Fsp3) is 0.467. The van der Waals surface area contributed by atoms with Gasteiger partial charge in [-0.2, -0.15) is 0 Å². The topological polar surface area (TPSA) is 75.7 Å². The van der Waals surface area contributed by atoms with Gasteiger partial charge in [0.15, 0.2) is 5.58 Å². The Morgan fingerprint density at radius 1 is 1.43 bits per heavy atom. The van der Waals surface area contributed by atoms with Crippen molar-refractivity contribution >= 4 is 17.2 Å². The van der Waals surface area contributed by atoms with E-state index in [2.05, 4.69) is 0 Å². The van der Waals surface area contributed by atoms with Gasteiger partial charge in [0, 0.05) is 19.6 Å². The van der Waals surface area contributed by atoms with Crippen LogP contribution in [0.4, 0.5) is 4.79 Å². The molecule has 1 aromatic heterocycles. The molecule has 1 saturated heterocycles. The normalized spacial score (nSPS) is 22.7. The van der Waals surface area contributed by atoms with Gasteiger partial charge >= 0.3 is 11.8 Å². The molecule has 0 spiro atoms. The molecule has 0 bridgehead atoms. The predicted molar refractivity (Wildman–Crippen MR) is 77.6 cm³/mol. The Hall–Kier alpha value is -2.24. The Kier molecular flexibility index (Phi) is 3.23. The summed E-state index contributed by atoms with van der Waals surface area (Å²) >= 11 is 0. The highest BCUT2D eigenvalue weighted by atomic mass is 16.4. The van der Waals surface area contributed by atoms with E-state index in [0.717, 1.165) is 23.9 Å². The number of aromatic nitrogens is 1. The molecule has 1 aliphatic heterocycles. The number of aryl methyl sites for hydroxylation is 1. The Bertz CT molecular complexity index is 746. The molecule has 1 aliphatic rings. The Labute approximate surface area is 121 Å². The fourth-order valence-electron chi connectivity index (χ4n) is 3.16. The van der Waals surface area contributed by atoms with E-state index in [1.807, 2.05) is 25.1 Å². The van der Waals surface area contributed by atoms with Crippen LogP contribution in [-0.2, 0) is 7.05 Å². The average molecular weight is 290 g/mol. The molecule has 112 valence electrons. The quantitative estimate of drug-likeness (QED) is 0.875. The largest absolute Gasteiger partial charge is 0.465 e. The number of hydrogen-bond donors (Lipinski definition) is 1. The summed E-state index contributed by atoms with van der Waals surface area (Å²) in [5, 5.41) is 9.11. The number of carbonyl (C=O) groups is 1. The summed E-state index contributed by atoms with van der Waals surface area (Å²) in [6, 6.07) is 5.80. The zero-order chi connectivity index (χ0) is 15.1. The van der Waals surface area contributed by atoms with Crippen molar-refractivity contribution in [1.82, 2.24) is 9.47 Å². The maximum atomic E-state index is 11.5. The number of hydrogen-bond acceptors (Lipinski definition) is 3. The van der Waals surface area contributed by atoms with Gasteiger partial charge in [-0.25, -0.2) is 9.59 Å². The smallest absolute Gasteiger partial charge is 0.419 e. The van der Waals surface area contributed by atoms with Gasteiger partial charge in [-0.15, -0.1) is 0 Å². The molecule has 0 radical (unpaired) electrons. The van der Waals surface area contributed by atoms with Gasteiger partial charge in [0.05, 0.1) is 5.52 Å². The summed E-state index contributed by atoms with van der Waals surface area (Å²) < 4.78 is 6.70. The molecule has 0 aliphatic carbocycles. The predicted octanol–water partition coefficient (Wildman–Crippen LogP) is 2.38. The maximum Gasteiger partial charge on any atom is 0.419 e. The molecule has 1 aromatic carbocycles. The monoisotopic (exact) mass is 290 g/mol. The first-order valence-electron chi connectivity index (χ1n) is 7.06. The van der Waals surface area contributed by atoms with E-state index in [1.54, 1.807) is 7.05 Å². The van der Waals surface area contributed by atoms with E-state index < -0.39 is 6.09 Å². The summed E-state index contributed by atoms with van der Waals surface area (Å²) in [7, 11) is 1.68. The molecule has 1 N–H and O–H groups in total. The Morgan fingerprint density at radius 3 is 2.86 bits per heavy atom. The van der Waals surface area contributed by atoms with E-state index in [-0.39, 0.29) is 11.8 Å². The molecule has 1 fully saturated rings. The van der Waals surface area contributed by atoms with Crippen LogP contribution in [0.3, 0.4) is 0 Å². The van der Waals surface area contributed by atoms with Gasteiger partial charge in [0.2, 0.25) is 0 Å². The number of piperidine rings is 1. The van der Waals surface area contributed by atoms with Crippen molar-refractivity contribution < 1.29 is 14.3 Å². The highest BCUT2D eigenvalue weighted by Crippen LogP contribution is 2.32. The van der Waals surface area contributed by atoms with Gasteiger partial charge in [0.1, 0.15) is 0 Å². The van der Waals surface area contributed by atoms with Crippen LogP contribution in [0.25, 0.3) is 11.1 Å². The number of nitrogens with zero attached hydrogens (tertiary/aromatic N) is 2. The molecular formula is C15H18N2O4. The van der Waals surface area contributed by atoms with Crippen LogP contribution in [0, 0.1) is 0 Å². The van der Waals surface area contributed by atoms with Gasteiger partial charge in [-0.05, 0) is 43.4 Å². The third kappa shape index (κ3) is 2.30. The van der Waals surface area contributed by atoms with Crippen LogP contribution < -0.4 is 5.76 Å². The molecule has 2 heterocycles. The summed E-state index contributed by atoms with van der Waals surface area (Å²) in [6.45, 7) is 2.47. The molecule has 2 atom stereocenters. The number of amides is 1. The SMILES string of the molecule is CC1CC(c2ccc3c(c2)oc(=O)n3C)CCN1C(=O)O. The minimum absolute atomic E-state index is 0.000251. The van der Waals surface area contributed by atoms with Gasteiger partial charge < -0.3 is 14.4 Å². The zero-order valence-corrected chi connectivity index (χ0v) is 12.1. The first kappa shape index (κ1) is 13.7. The number of oxazole rings is 1. The van der Waals surface area contributed by atoms with Crippen molar-refractivity contribution in [2.24, 2.45) is 7.05 Å². The lowest BCUT2D eigenvalue weighted by Gasteiger charge is -2.36. The van der Waals surface area contributed by atoms with Crippen molar-refractivity contribution in [3.63, 3.8) is 0 Å². The van der Waals surface area contributed by atoms with Crippen LogP contribution in [0.2, 0.25) is 0 Å². The summed E-state index contributed by atoms with van der Waals surface area (Å²) in [5.41, 5.74) is 2.47. The lowest BCUT2D eigenvalue weighted by Crippen LogP contribution is -2.43. The highest BCUT2D eigenvalue weighted by molar-refractivity contribution is 5.74. The summed E-state index contributed by atoms with van der Waals surface area (Å²) in [4.78, 5) is 24.1. The molecule has 1 amide bonds. The van der Waals surface area contributed by atoms with Crippen LogP contribution in [-0.4, -0.2) is 33.3 Å². The third-order valence-electron chi connectivity index (χ3n) is 4.41.